The molecule has 0 unspecified atom stereocenters. The molecule has 132 valence electrons. The van der Waals surface area contributed by atoms with E-state index in [9.17, 15) is 0 Å². The van der Waals surface area contributed by atoms with Gasteiger partial charge in [-0.05, 0) is 42.5 Å². The van der Waals surface area contributed by atoms with Gasteiger partial charge >= 0.3 is 0 Å². The number of rotatable bonds is 5. The number of ether oxygens (including phenoxy) is 2. The van der Waals surface area contributed by atoms with Gasteiger partial charge in [-0.3, -0.25) is 0 Å². The van der Waals surface area contributed by atoms with Crippen LogP contribution in [0, 0.1) is 0 Å². The highest BCUT2D eigenvalue weighted by Gasteiger charge is 2.31. The molecule has 0 atom stereocenters. The van der Waals surface area contributed by atoms with Gasteiger partial charge in [0.25, 0.3) is 0 Å². The van der Waals surface area contributed by atoms with Crippen molar-refractivity contribution in [3.63, 3.8) is 0 Å². The Labute approximate surface area is 152 Å². The Hall–Kier alpha value is -2.40. The minimum atomic E-state index is 0.217. The number of nitrogens with one attached hydrogen (secondary N) is 1. The third kappa shape index (κ3) is 3.99. The lowest BCUT2D eigenvalue weighted by molar-refractivity contribution is 0.353. The maximum Gasteiger partial charge on any atom is 0.193 e. The van der Waals surface area contributed by atoms with Gasteiger partial charge in [-0.2, -0.15) is 0 Å². The second-order valence-corrected chi connectivity index (χ2v) is 6.46. The number of guanidine groups is 1. The summed E-state index contributed by atoms with van der Waals surface area (Å²) in [5.74, 6) is 2.17. The summed E-state index contributed by atoms with van der Waals surface area (Å²) in [6.07, 6.45) is 1.91. The third-order valence-corrected chi connectivity index (χ3v) is 4.78. The summed E-state index contributed by atoms with van der Waals surface area (Å²) in [6.45, 7) is 0. The molecule has 1 fully saturated rings. The smallest absolute Gasteiger partial charge is 0.193 e. The highest BCUT2D eigenvalue weighted by Crippen LogP contribution is 2.41. The molecule has 0 amide bonds. The zero-order chi connectivity index (χ0) is 17.8. The van der Waals surface area contributed by atoms with Crippen LogP contribution in [0.1, 0.15) is 24.3 Å². The number of hydrogen-bond acceptors (Lipinski definition) is 3. The van der Waals surface area contributed by atoms with Gasteiger partial charge in [-0.15, -0.1) is 0 Å². The average molecular weight is 360 g/mol. The first-order valence-electron chi connectivity index (χ1n) is 8.17. The van der Waals surface area contributed by atoms with Crippen molar-refractivity contribution in [1.82, 2.24) is 0 Å². The van der Waals surface area contributed by atoms with Gasteiger partial charge in [0.1, 0.15) is 0 Å². The van der Waals surface area contributed by atoms with Crippen LogP contribution in [-0.2, 0) is 0 Å². The van der Waals surface area contributed by atoms with Crippen LogP contribution in [0.4, 0.5) is 5.69 Å². The number of methoxy groups -OCH3 is 2. The molecule has 1 aliphatic rings. The molecule has 3 rings (SSSR count). The molecule has 0 saturated heterocycles. The fourth-order valence-corrected chi connectivity index (χ4v) is 3.33. The van der Waals surface area contributed by atoms with E-state index in [0.717, 1.165) is 23.6 Å². The van der Waals surface area contributed by atoms with E-state index in [2.05, 4.69) is 16.4 Å². The average Bonchev–Trinajstić information content (AvgIpc) is 2.58. The summed E-state index contributed by atoms with van der Waals surface area (Å²) in [7, 11) is 3.20. The van der Waals surface area contributed by atoms with E-state index in [4.69, 9.17) is 26.8 Å². The van der Waals surface area contributed by atoms with Crippen molar-refractivity contribution in [2.75, 3.05) is 19.5 Å². The molecule has 25 heavy (non-hydrogen) atoms. The summed E-state index contributed by atoms with van der Waals surface area (Å²) in [6, 6.07) is 13.7. The summed E-state index contributed by atoms with van der Waals surface area (Å²) in [5.41, 5.74) is 8.04. The highest BCUT2D eigenvalue weighted by atomic mass is 35.5. The Morgan fingerprint density at radius 3 is 2.52 bits per heavy atom. The zero-order valence-electron chi connectivity index (χ0n) is 14.3. The topological polar surface area (TPSA) is 68.9 Å². The van der Waals surface area contributed by atoms with Crippen LogP contribution in [0.15, 0.2) is 47.5 Å². The summed E-state index contributed by atoms with van der Waals surface area (Å²) >= 11 is 6.25. The third-order valence-electron chi connectivity index (χ3n) is 4.44. The highest BCUT2D eigenvalue weighted by molar-refractivity contribution is 6.31. The Kier molecular flexibility index (Phi) is 5.34. The van der Waals surface area contributed by atoms with E-state index in [-0.39, 0.29) is 6.04 Å². The largest absolute Gasteiger partial charge is 0.493 e. The van der Waals surface area contributed by atoms with E-state index in [1.165, 1.54) is 5.56 Å². The maximum absolute atomic E-state index is 6.25. The molecule has 1 aliphatic carbocycles. The summed E-state index contributed by atoms with van der Waals surface area (Å²) < 4.78 is 10.5. The molecular formula is C19H22ClN3O2. The van der Waals surface area contributed by atoms with Crippen molar-refractivity contribution in [1.29, 1.82) is 0 Å². The second-order valence-electron chi connectivity index (χ2n) is 6.05. The SMILES string of the molecule is COc1ccc(NC(N)=NC2CC(c3ccccc3Cl)C2)cc1OC. The first kappa shape index (κ1) is 17.4. The predicted octanol–water partition coefficient (Wildman–Crippen LogP) is 4.03. The van der Waals surface area contributed by atoms with Crippen molar-refractivity contribution >= 4 is 23.2 Å². The van der Waals surface area contributed by atoms with Crippen molar-refractivity contribution in [3.8, 4) is 11.5 Å². The molecule has 0 bridgehead atoms. The lowest BCUT2D eigenvalue weighted by Crippen LogP contribution is -2.31. The number of hydrogen-bond donors (Lipinski definition) is 2. The maximum atomic E-state index is 6.25. The van der Waals surface area contributed by atoms with Gasteiger partial charge in [0.05, 0.1) is 20.3 Å². The molecule has 0 heterocycles. The molecule has 0 spiro atoms. The van der Waals surface area contributed by atoms with Crippen LogP contribution in [0.2, 0.25) is 5.02 Å². The molecule has 0 aromatic heterocycles. The van der Waals surface area contributed by atoms with Gasteiger partial charge in [-0.25, -0.2) is 4.99 Å². The van der Waals surface area contributed by atoms with E-state index < -0.39 is 0 Å². The molecule has 2 aromatic rings. The Balaban J connectivity index is 1.59. The predicted molar refractivity (Wildman–Crippen MR) is 102 cm³/mol. The molecule has 3 N–H and O–H groups in total. The second kappa shape index (κ2) is 7.66. The van der Waals surface area contributed by atoms with Crippen molar-refractivity contribution < 1.29 is 9.47 Å². The van der Waals surface area contributed by atoms with Gasteiger partial charge in [0.15, 0.2) is 17.5 Å². The quantitative estimate of drug-likeness (QED) is 0.624. The zero-order valence-corrected chi connectivity index (χ0v) is 15.1. The number of benzene rings is 2. The van der Waals surface area contributed by atoms with E-state index in [1.807, 2.05) is 36.4 Å². The molecule has 0 aliphatic heterocycles. The monoisotopic (exact) mass is 359 g/mol. The summed E-state index contributed by atoms with van der Waals surface area (Å²) in [5, 5.41) is 3.92. The standard InChI is InChI=1S/C19H22ClN3O2/c1-24-17-8-7-13(11-18(17)25-2)22-19(21)23-14-9-12(10-14)15-5-3-4-6-16(15)20/h3-8,11-12,14H,9-10H2,1-2H3,(H3,21,22,23). The fraction of sp³-hybridized carbons (Fsp3) is 0.316. The number of anilines is 1. The normalized spacial score (nSPS) is 19.9. The lowest BCUT2D eigenvalue weighted by atomic mass is 9.76. The molecular weight excluding hydrogens is 338 g/mol. The number of halogens is 1. The van der Waals surface area contributed by atoms with E-state index >= 15 is 0 Å². The minimum absolute atomic E-state index is 0.217. The van der Waals surface area contributed by atoms with Gasteiger partial charge in [0, 0.05) is 16.8 Å². The Morgan fingerprint density at radius 2 is 1.84 bits per heavy atom. The van der Waals surface area contributed by atoms with Crippen LogP contribution < -0.4 is 20.5 Å². The van der Waals surface area contributed by atoms with Crippen LogP contribution in [-0.4, -0.2) is 26.2 Å². The van der Waals surface area contributed by atoms with Gasteiger partial charge in [-0.1, -0.05) is 29.8 Å². The van der Waals surface area contributed by atoms with Crippen LogP contribution in [0.5, 0.6) is 11.5 Å². The summed E-state index contributed by atoms with van der Waals surface area (Å²) in [4.78, 5) is 4.55. The molecule has 5 nitrogen and oxygen atoms in total. The van der Waals surface area contributed by atoms with Crippen molar-refractivity contribution in [2.45, 2.75) is 24.8 Å². The van der Waals surface area contributed by atoms with Gasteiger partial charge in [0.2, 0.25) is 0 Å². The number of nitrogens with zero attached hydrogens (tertiary/aromatic N) is 1. The number of aliphatic imine (C=N–C) groups is 1. The first-order chi connectivity index (χ1) is 12.1. The van der Waals surface area contributed by atoms with E-state index in [1.54, 1.807) is 14.2 Å². The Morgan fingerprint density at radius 1 is 1.12 bits per heavy atom. The number of nitrogens with two attached hydrogens (primary N) is 1. The first-order valence-corrected chi connectivity index (χ1v) is 8.55. The van der Waals surface area contributed by atoms with Crippen molar-refractivity contribution in [3.05, 3.63) is 53.1 Å². The van der Waals surface area contributed by atoms with Crippen molar-refractivity contribution in [2.24, 2.45) is 10.7 Å². The molecule has 6 heteroatoms. The molecule has 1 saturated carbocycles. The van der Waals surface area contributed by atoms with E-state index in [0.29, 0.717) is 23.4 Å². The van der Waals surface area contributed by atoms with Crippen LogP contribution in [0.25, 0.3) is 0 Å². The van der Waals surface area contributed by atoms with Gasteiger partial charge < -0.3 is 20.5 Å². The molecule has 2 aromatic carbocycles. The van der Waals surface area contributed by atoms with Crippen LogP contribution >= 0.6 is 11.6 Å². The fourth-order valence-electron chi connectivity index (χ4n) is 3.04. The lowest BCUT2D eigenvalue weighted by Gasteiger charge is -2.33. The molecule has 0 radical (unpaired) electrons. The van der Waals surface area contributed by atoms with Crippen LogP contribution in [0.3, 0.4) is 0 Å². The Bertz CT molecular complexity index is 773. The minimum Gasteiger partial charge on any atom is -0.493 e.